The Morgan fingerprint density at radius 2 is 0.947 bits per heavy atom. The van der Waals surface area contributed by atoms with E-state index in [-0.39, 0.29) is 197 Å². The Morgan fingerprint density at radius 1 is 0.534 bits per heavy atom. The van der Waals surface area contributed by atoms with E-state index in [4.69, 9.17) is 39.5 Å². The molecule has 6 atom stereocenters. The number of carbonyl (C=O) groups excluding carboxylic acids is 14. The molecule has 4 aromatic heterocycles. The lowest BCUT2D eigenvalue weighted by Crippen LogP contribution is -2.45. The molecule has 704 valence electrons. The number of hydroxylamine groups is 2. The van der Waals surface area contributed by atoms with Crippen LogP contribution in [-0.2, 0) is 141 Å². The van der Waals surface area contributed by atoms with Gasteiger partial charge in [-0.05, 0) is 149 Å². The van der Waals surface area contributed by atoms with E-state index in [1.54, 1.807) is 74.9 Å². The molecule has 13 rings (SSSR count). The van der Waals surface area contributed by atoms with Gasteiger partial charge < -0.3 is 64.8 Å². The molecule has 0 aliphatic carbocycles. The first kappa shape index (κ1) is 101. The van der Waals surface area contributed by atoms with Gasteiger partial charge in [-0.15, -0.1) is 5.06 Å². The number of ether oxygens (including phenoxy) is 4. The average molecular weight is 1820 g/mol. The van der Waals surface area contributed by atoms with Crippen LogP contribution < -0.4 is 32.8 Å². The summed E-state index contributed by atoms with van der Waals surface area (Å²) in [5, 5.41) is 32.8. The smallest absolute Gasteiger partial charge is 0.343 e. The molecule has 131 heavy (non-hydrogen) atoms. The van der Waals surface area contributed by atoms with Crippen LogP contribution in [0.15, 0.2) is 70.3 Å². The van der Waals surface area contributed by atoms with Crippen molar-refractivity contribution in [2.75, 3.05) is 39.8 Å². The number of pyridine rings is 4. The van der Waals surface area contributed by atoms with Crippen LogP contribution in [0.5, 0.6) is 0 Å². The number of ketones is 2. The Bertz CT molecular complexity index is 5650. The molecule has 1 fully saturated rings. The zero-order valence-corrected chi connectivity index (χ0v) is 74.9. The minimum atomic E-state index is -1.97. The SMILES string of the molecule is C.CC[C@@]1(O)C(=O)OCc2c1cc1n(c2=O)Cc2c-1nc1cc(F)c(C)cc1c2CCCCOCNC(=O)[C@H](C)CC(=O)[C@@H](N)C(C)C.CC[C@@]1(O)C(=O)OCc2c1cc1n(c2=O)Cc2c-1nc1cc(F)c(C)cc1c2CCCCOCNC(=O)[C@H](C)CC(=O)[C@@H](NC(=O)CCCCCN1C(=O)C=CC1=O)C(C)C.O=C(CCCCCN1C(=O)C=CC1=O)ON1C(=O)CCC1=O. The molecule has 11 heterocycles. The number of imide groups is 3. The van der Waals surface area contributed by atoms with Crippen LogP contribution in [0.2, 0.25) is 0 Å². The van der Waals surface area contributed by atoms with E-state index in [0.717, 1.165) is 42.8 Å². The molecule has 0 radical (unpaired) electrons. The van der Waals surface area contributed by atoms with E-state index >= 15 is 0 Å². The summed E-state index contributed by atoms with van der Waals surface area (Å²) in [5.74, 6) is -8.06. The van der Waals surface area contributed by atoms with Crippen LogP contribution in [0.1, 0.15) is 234 Å². The van der Waals surface area contributed by atoms with E-state index < -0.39 is 76.5 Å². The Morgan fingerprint density at radius 3 is 1.35 bits per heavy atom. The lowest BCUT2D eigenvalue weighted by molar-refractivity contribution is -0.197. The molecular weight excluding hydrogens is 1700 g/mol. The molecule has 34 nitrogen and oxygen atoms in total. The molecule has 0 spiro atoms. The Hall–Kier alpha value is -12.1. The van der Waals surface area contributed by atoms with Crippen molar-refractivity contribution in [1.29, 1.82) is 0 Å². The fraction of sp³-hybridized carbons (Fsp3) is 0.516. The first-order valence-electron chi connectivity index (χ1n) is 44.3. The largest absolute Gasteiger partial charge is 0.458 e. The highest BCUT2D eigenvalue weighted by atomic mass is 19.1. The van der Waals surface area contributed by atoms with Gasteiger partial charge in [0.25, 0.3) is 46.6 Å². The second kappa shape index (κ2) is 44.2. The van der Waals surface area contributed by atoms with Crippen molar-refractivity contribution >= 4 is 104 Å². The van der Waals surface area contributed by atoms with E-state index in [0.29, 0.717) is 153 Å². The summed E-state index contributed by atoms with van der Waals surface area (Å²) in [4.78, 5) is 213. The summed E-state index contributed by atoms with van der Waals surface area (Å²) in [6.07, 6.45) is 12.6. The number of rotatable bonds is 40. The highest BCUT2D eigenvalue weighted by Crippen LogP contribution is 2.44. The number of nitrogens with zero attached hydrogens (tertiary/aromatic N) is 7. The third-order valence-corrected chi connectivity index (χ3v) is 24.7. The van der Waals surface area contributed by atoms with Crippen LogP contribution in [0.3, 0.4) is 0 Å². The van der Waals surface area contributed by atoms with Gasteiger partial charge in [0.15, 0.2) is 22.8 Å². The molecule has 9 amide bonds. The molecule has 7 aliphatic rings. The summed E-state index contributed by atoms with van der Waals surface area (Å²) in [7, 11) is 0. The molecule has 7 N–H and O–H groups in total. The number of amides is 9. The molecule has 7 aliphatic heterocycles. The average Bonchev–Trinajstić information content (AvgIpc) is 1.59. The van der Waals surface area contributed by atoms with Gasteiger partial charge in [0, 0.05) is 146 Å². The van der Waals surface area contributed by atoms with Crippen molar-refractivity contribution in [3.05, 3.63) is 149 Å². The number of aromatic nitrogens is 4. The van der Waals surface area contributed by atoms with Crippen molar-refractivity contribution in [2.45, 2.75) is 255 Å². The zero-order valence-electron chi connectivity index (χ0n) is 74.9. The number of carbonyl (C=O) groups is 14. The maximum atomic E-state index is 14.8. The monoisotopic (exact) mass is 1820 g/mol. The first-order valence-corrected chi connectivity index (χ1v) is 44.3. The standard InChI is InChI=1S/C45H54FN5O10.C35H43FN4O7.C14H16N2O6.CH4/c1-6-45(59)32-20-35-41-30(22-51(35)43(57)31(32)23-61-44(45)58)28(29-18-26(4)33(46)21-34(29)48-41)12-9-11-17-60-24-47-42(56)27(5)19-36(52)40(25(2)3)49-37(53)13-8-7-10-16-50-38(54)14-15-39(50)55;1-6-35(45)25-13-28-31-23(15-40(28)33(43)24(25)16-47-34(35)44)21(22-11-19(4)26(36)14-27(22)39-31)9-7-8-10-46-17-38-32(42)20(5)12-29(41)30(37)18(2)3;17-10-5-6-11(18)15(10)9-3-1-2-4-14(21)22-16-12(19)7-8-13(16)20;/h14-15,18,20-21,25,27,40,59H,6-13,16-17,19,22-24H2,1-5H3,(H,47,56)(H,49,53);11,13-14,18,20,30,45H,6-10,12,15-17,37H2,1-5H3,(H,38,42);5-6H,1-4,7-9H2;1H4/t27-,40+,45+;20-,30+,35+;;/m11../s1. The maximum Gasteiger partial charge on any atom is 0.343 e. The van der Waals surface area contributed by atoms with Crippen molar-refractivity contribution < 1.29 is 110 Å². The highest BCUT2D eigenvalue weighted by molar-refractivity contribution is 6.13. The topological polar surface area (TPSA) is 467 Å². The molecular formula is C95H117F2N11O23. The number of esters is 2. The van der Waals surface area contributed by atoms with Crippen molar-refractivity contribution in [2.24, 2.45) is 29.4 Å². The fourth-order valence-corrected chi connectivity index (χ4v) is 16.7. The van der Waals surface area contributed by atoms with Crippen molar-refractivity contribution in [1.82, 2.24) is 49.9 Å². The molecule has 0 saturated carbocycles. The number of hydrogen-bond donors (Lipinski definition) is 6. The Kier molecular flexibility index (Phi) is 34.1. The lowest BCUT2D eigenvalue weighted by atomic mass is 9.86. The van der Waals surface area contributed by atoms with Crippen molar-refractivity contribution in [3.63, 3.8) is 0 Å². The summed E-state index contributed by atoms with van der Waals surface area (Å²) in [6.45, 7) is 18.6. The third-order valence-electron chi connectivity index (χ3n) is 24.7. The molecule has 2 aromatic carbocycles. The quantitative estimate of drug-likeness (QED) is 0.00908. The summed E-state index contributed by atoms with van der Waals surface area (Å²) in [6, 6.07) is 8.24. The molecule has 0 unspecified atom stereocenters. The first-order chi connectivity index (χ1) is 61.8. The number of unbranched alkanes of at least 4 members (excludes halogenated alkanes) is 6. The zero-order chi connectivity index (χ0) is 94.5. The van der Waals surface area contributed by atoms with Gasteiger partial charge in [0.1, 0.15) is 38.3 Å². The predicted molar refractivity (Wildman–Crippen MR) is 472 cm³/mol. The second-order valence-electron chi connectivity index (χ2n) is 34.6. The minimum Gasteiger partial charge on any atom is -0.458 e. The van der Waals surface area contributed by atoms with Crippen molar-refractivity contribution in [3.8, 4) is 22.8 Å². The number of cyclic esters (lactones) is 2. The summed E-state index contributed by atoms with van der Waals surface area (Å²) in [5.41, 5.74) is 9.38. The summed E-state index contributed by atoms with van der Waals surface area (Å²) < 4.78 is 54.5. The molecule has 36 heteroatoms. The summed E-state index contributed by atoms with van der Waals surface area (Å²) >= 11 is 0. The fourth-order valence-electron chi connectivity index (χ4n) is 16.7. The number of nitrogens with one attached hydrogen (secondary N) is 3. The van der Waals surface area contributed by atoms with Gasteiger partial charge in [-0.25, -0.2) is 33.1 Å². The van der Waals surface area contributed by atoms with Gasteiger partial charge in [-0.3, -0.25) is 72.1 Å². The number of halogens is 2. The van der Waals surface area contributed by atoms with Gasteiger partial charge in [0.2, 0.25) is 17.7 Å². The van der Waals surface area contributed by atoms with Crippen LogP contribution in [0.4, 0.5) is 8.78 Å². The van der Waals surface area contributed by atoms with E-state index in [2.05, 4.69) is 16.0 Å². The van der Waals surface area contributed by atoms with Gasteiger partial charge in [0.05, 0.1) is 70.1 Å². The Balaban J connectivity index is 0.000000224. The highest BCUT2D eigenvalue weighted by Gasteiger charge is 2.48. The number of hydrogen-bond acceptors (Lipinski definition) is 26. The predicted octanol–water partition coefficient (Wildman–Crippen LogP) is 8.40. The maximum absolute atomic E-state index is 14.8. The number of aliphatic hydroxyl groups is 2. The molecule has 6 aromatic rings. The van der Waals surface area contributed by atoms with Crippen LogP contribution in [0.25, 0.3) is 44.6 Å². The Labute approximate surface area is 756 Å². The van der Waals surface area contributed by atoms with Gasteiger partial charge >= 0.3 is 17.9 Å². The third kappa shape index (κ3) is 22.9. The number of aryl methyl sites for hydroxylation is 4. The molecule has 0 bridgehead atoms. The van der Waals surface area contributed by atoms with Crippen LogP contribution >= 0.6 is 0 Å². The van der Waals surface area contributed by atoms with E-state index in [1.165, 1.54) is 36.4 Å². The van der Waals surface area contributed by atoms with Crippen LogP contribution in [0, 0.1) is 49.2 Å². The van der Waals surface area contributed by atoms with Gasteiger partial charge in [-0.2, -0.15) is 0 Å². The van der Waals surface area contributed by atoms with Crippen LogP contribution in [-0.4, -0.2) is 179 Å². The van der Waals surface area contributed by atoms with E-state index in [1.807, 2.05) is 27.7 Å². The second-order valence-corrected chi connectivity index (χ2v) is 34.6. The normalized spacial score (nSPS) is 17.7. The number of fused-ring (bicyclic) bond motifs is 10. The number of Topliss-reactive ketones (excluding diaryl/α,β-unsaturated/α-hetero) is 2. The minimum absolute atomic E-state index is 0. The van der Waals surface area contributed by atoms with Gasteiger partial charge in [-0.1, -0.05) is 75.7 Å². The number of nitrogens with two attached hydrogens (primary N) is 1. The molecule has 1 saturated heterocycles. The number of benzene rings is 2. The lowest BCUT2D eigenvalue weighted by Gasteiger charge is -2.31. The van der Waals surface area contributed by atoms with E-state index in [9.17, 15) is 95.7 Å².